The van der Waals surface area contributed by atoms with Gasteiger partial charge in [-0.15, -0.1) is 0 Å². The number of carbonyl (C=O) groups is 3. The van der Waals surface area contributed by atoms with Crippen molar-refractivity contribution in [1.82, 2.24) is 4.90 Å². The highest BCUT2D eigenvalue weighted by Crippen LogP contribution is 2.31. The first kappa shape index (κ1) is 12.3. The van der Waals surface area contributed by atoms with Gasteiger partial charge in [0.2, 0.25) is 5.24 Å². The number of amides is 2. The second-order valence-electron chi connectivity index (χ2n) is 4.64. The Kier molecular flexibility index (Phi) is 3.62. The van der Waals surface area contributed by atoms with Crippen molar-refractivity contribution in [2.45, 2.75) is 25.7 Å². The molecular weight excluding hydrogens is 242 g/mol. The standard InChI is InChI=1S/C12H14ClNO3/c13-12(17)9-3-1-8(2-4-9)7-14-10(15)5-6-11(14)16/h5-6,8-9H,1-4,7H2. The zero-order valence-electron chi connectivity index (χ0n) is 9.39. The first-order valence-corrected chi connectivity index (χ1v) is 6.18. The SMILES string of the molecule is O=C(Cl)C1CCC(CN2C(=O)C=CC2=O)CC1. The van der Waals surface area contributed by atoms with Crippen molar-refractivity contribution in [2.24, 2.45) is 11.8 Å². The maximum Gasteiger partial charge on any atom is 0.253 e. The third-order valence-corrected chi connectivity index (χ3v) is 3.82. The first-order chi connectivity index (χ1) is 8.08. The van der Waals surface area contributed by atoms with Crippen LogP contribution in [0.2, 0.25) is 0 Å². The van der Waals surface area contributed by atoms with E-state index >= 15 is 0 Å². The Morgan fingerprint density at radius 3 is 2.18 bits per heavy atom. The molecule has 0 aromatic heterocycles. The summed E-state index contributed by atoms with van der Waals surface area (Å²) < 4.78 is 0. The van der Waals surface area contributed by atoms with Gasteiger partial charge < -0.3 is 0 Å². The molecule has 2 aliphatic rings. The number of hydrogen-bond acceptors (Lipinski definition) is 3. The summed E-state index contributed by atoms with van der Waals surface area (Å²) in [6, 6.07) is 0. The lowest BCUT2D eigenvalue weighted by Gasteiger charge is -2.28. The molecule has 1 saturated carbocycles. The van der Waals surface area contributed by atoms with Gasteiger partial charge in [-0.1, -0.05) is 0 Å². The van der Waals surface area contributed by atoms with Gasteiger partial charge in [0.15, 0.2) is 0 Å². The molecule has 0 unspecified atom stereocenters. The summed E-state index contributed by atoms with van der Waals surface area (Å²) in [5.41, 5.74) is 0. The number of imide groups is 1. The molecule has 5 heteroatoms. The van der Waals surface area contributed by atoms with E-state index in [0.717, 1.165) is 25.7 Å². The van der Waals surface area contributed by atoms with E-state index in [1.54, 1.807) is 0 Å². The highest BCUT2D eigenvalue weighted by atomic mass is 35.5. The molecule has 0 N–H and O–H groups in total. The zero-order valence-corrected chi connectivity index (χ0v) is 10.2. The zero-order chi connectivity index (χ0) is 12.4. The minimum Gasteiger partial charge on any atom is -0.281 e. The molecule has 17 heavy (non-hydrogen) atoms. The van der Waals surface area contributed by atoms with E-state index in [-0.39, 0.29) is 23.0 Å². The molecule has 0 spiro atoms. The van der Waals surface area contributed by atoms with Crippen molar-refractivity contribution in [3.8, 4) is 0 Å². The topological polar surface area (TPSA) is 54.5 Å². The Hall–Kier alpha value is -1.16. The molecule has 0 aromatic rings. The van der Waals surface area contributed by atoms with Gasteiger partial charge in [-0.3, -0.25) is 19.3 Å². The van der Waals surface area contributed by atoms with Crippen LogP contribution in [-0.2, 0) is 14.4 Å². The minimum atomic E-state index is -0.265. The molecule has 0 aromatic carbocycles. The van der Waals surface area contributed by atoms with E-state index in [2.05, 4.69) is 0 Å². The molecule has 2 amide bonds. The average molecular weight is 256 g/mol. The highest BCUT2D eigenvalue weighted by Gasteiger charge is 2.30. The van der Waals surface area contributed by atoms with E-state index < -0.39 is 0 Å². The van der Waals surface area contributed by atoms with Crippen LogP contribution in [-0.4, -0.2) is 28.5 Å². The van der Waals surface area contributed by atoms with Crippen molar-refractivity contribution < 1.29 is 14.4 Å². The van der Waals surface area contributed by atoms with Crippen molar-refractivity contribution in [1.29, 1.82) is 0 Å². The van der Waals surface area contributed by atoms with Gasteiger partial charge in [-0.25, -0.2) is 0 Å². The van der Waals surface area contributed by atoms with Crippen molar-refractivity contribution in [3.63, 3.8) is 0 Å². The highest BCUT2D eigenvalue weighted by molar-refractivity contribution is 6.63. The molecular formula is C12H14ClNO3. The minimum absolute atomic E-state index is 0.0453. The fourth-order valence-electron chi connectivity index (χ4n) is 2.44. The van der Waals surface area contributed by atoms with Crippen LogP contribution in [0.5, 0.6) is 0 Å². The normalized spacial score (nSPS) is 28.9. The molecule has 92 valence electrons. The summed E-state index contributed by atoms with van der Waals surface area (Å²) >= 11 is 5.45. The molecule has 4 nitrogen and oxygen atoms in total. The van der Waals surface area contributed by atoms with Crippen LogP contribution in [0.15, 0.2) is 12.2 Å². The van der Waals surface area contributed by atoms with Gasteiger partial charge in [0.05, 0.1) is 0 Å². The number of carbonyl (C=O) groups excluding carboxylic acids is 3. The van der Waals surface area contributed by atoms with Gasteiger partial charge in [-0.2, -0.15) is 0 Å². The molecule has 0 saturated heterocycles. The maximum absolute atomic E-state index is 11.4. The van der Waals surface area contributed by atoms with Crippen LogP contribution in [0, 0.1) is 11.8 Å². The van der Waals surface area contributed by atoms with E-state index in [4.69, 9.17) is 11.6 Å². The van der Waals surface area contributed by atoms with Crippen LogP contribution in [0.1, 0.15) is 25.7 Å². The summed E-state index contributed by atoms with van der Waals surface area (Å²) in [5, 5.41) is -0.265. The van der Waals surface area contributed by atoms with Crippen LogP contribution in [0.3, 0.4) is 0 Å². The van der Waals surface area contributed by atoms with Gasteiger partial charge in [0.25, 0.3) is 11.8 Å². The Morgan fingerprint density at radius 1 is 1.18 bits per heavy atom. The third kappa shape index (κ3) is 2.75. The summed E-state index contributed by atoms with van der Waals surface area (Å²) in [5.74, 6) is -0.206. The van der Waals surface area contributed by atoms with Gasteiger partial charge in [-0.05, 0) is 43.2 Å². The van der Waals surface area contributed by atoms with E-state index in [0.29, 0.717) is 12.5 Å². The molecule has 0 bridgehead atoms. The predicted molar refractivity (Wildman–Crippen MR) is 62.2 cm³/mol. The maximum atomic E-state index is 11.4. The third-order valence-electron chi connectivity index (χ3n) is 3.51. The fraction of sp³-hybridized carbons (Fsp3) is 0.583. The number of halogens is 1. The Bertz CT molecular complexity index is 365. The largest absolute Gasteiger partial charge is 0.281 e. The second kappa shape index (κ2) is 5.00. The van der Waals surface area contributed by atoms with Crippen molar-refractivity contribution in [2.75, 3.05) is 6.54 Å². The predicted octanol–water partition coefficient (Wildman–Crippen LogP) is 1.48. The van der Waals surface area contributed by atoms with E-state index in [1.165, 1.54) is 17.1 Å². The van der Waals surface area contributed by atoms with Crippen LogP contribution >= 0.6 is 11.6 Å². The average Bonchev–Trinajstić information content (AvgIpc) is 2.61. The van der Waals surface area contributed by atoms with Crippen LogP contribution in [0.25, 0.3) is 0 Å². The lowest BCUT2D eigenvalue weighted by atomic mass is 9.82. The van der Waals surface area contributed by atoms with Gasteiger partial charge in [0, 0.05) is 24.6 Å². The van der Waals surface area contributed by atoms with Crippen LogP contribution in [0.4, 0.5) is 0 Å². The van der Waals surface area contributed by atoms with Crippen molar-refractivity contribution in [3.05, 3.63) is 12.2 Å². The van der Waals surface area contributed by atoms with Gasteiger partial charge >= 0.3 is 0 Å². The Balaban J connectivity index is 1.84. The Morgan fingerprint density at radius 2 is 1.71 bits per heavy atom. The molecule has 2 rings (SSSR count). The lowest BCUT2D eigenvalue weighted by molar-refractivity contribution is -0.138. The summed E-state index contributed by atoms with van der Waals surface area (Å²) in [6.45, 7) is 0.466. The molecule has 1 heterocycles. The molecule has 1 aliphatic heterocycles. The Labute approximate surface area is 105 Å². The fourth-order valence-corrected chi connectivity index (χ4v) is 2.66. The first-order valence-electron chi connectivity index (χ1n) is 5.81. The molecule has 0 atom stereocenters. The molecule has 1 aliphatic carbocycles. The quantitative estimate of drug-likeness (QED) is 0.567. The molecule has 0 radical (unpaired) electrons. The summed E-state index contributed by atoms with van der Waals surface area (Å²) in [7, 11) is 0. The second-order valence-corrected chi connectivity index (χ2v) is 5.01. The summed E-state index contributed by atoms with van der Waals surface area (Å²) in [6.07, 6.45) is 5.82. The van der Waals surface area contributed by atoms with E-state index in [1.807, 2.05) is 0 Å². The lowest BCUT2D eigenvalue weighted by Crippen LogP contribution is -2.36. The summed E-state index contributed by atoms with van der Waals surface area (Å²) in [4.78, 5) is 35.0. The molecule has 1 fully saturated rings. The van der Waals surface area contributed by atoms with Crippen LogP contribution < -0.4 is 0 Å². The smallest absolute Gasteiger partial charge is 0.253 e. The number of hydrogen-bond donors (Lipinski definition) is 0. The number of nitrogens with zero attached hydrogens (tertiary/aromatic N) is 1. The van der Waals surface area contributed by atoms with Crippen molar-refractivity contribution >= 4 is 28.7 Å². The number of rotatable bonds is 3. The van der Waals surface area contributed by atoms with E-state index in [9.17, 15) is 14.4 Å². The van der Waals surface area contributed by atoms with Gasteiger partial charge in [0.1, 0.15) is 0 Å². The monoisotopic (exact) mass is 255 g/mol.